The fraction of sp³-hybridized carbons (Fsp3) is 0.128. The lowest BCUT2D eigenvalue weighted by Crippen LogP contribution is -2.16. The first-order chi connectivity index (χ1) is 20.5. The molecule has 3 nitrogen and oxygen atoms in total. The summed E-state index contributed by atoms with van der Waals surface area (Å²) in [6.45, 7) is 6.75. The van der Waals surface area contributed by atoms with Crippen molar-refractivity contribution in [2.75, 3.05) is 7.11 Å². The van der Waals surface area contributed by atoms with Gasteiger partial charge in [0.2, 0.25) is 0 Å². The molecule has 5 aromatic carbocycles. The molecule has 3 heteroatoms. The van der Waals surface area contributed by atoms with Crippen LogP contribution in [0.4, 0.5) is 0 Å². The number of benzene rings is 5. The number of ether oxygens (including phenoxy) is 1. The number of rotatable bonds is 5. The van der Waals surface area contributed by atoms with Gasteiger partial charge in [-0.15, -0.1) is 0 Å². The van der Waals surface area contributed by atoms with Gasteiger partial charge < -0.3 is 4.74 Å². The normalized spacial score (nSPS) is 13.0. The van der Waals surface area contributed by atoms with Crippen LogP contribution in [0.15, 0.2) is 121 Å². The highest BCUT2D eigenvalue weighted by atomic mass is 16.5. The lowest BCUT2D eigenvalue weighted by molar-refractivity contribution is 0.412. The molecule has 0 unspecified atom stereocenters. The van der Waals surface area contributed by atoms with Crippen LogP contribution in [0.25, 0.3) is 56.2 Å². The van der Waals surface area contributed by atoms with E-state index < -0.39 is 0 Å². The highest BCUT2D eigenvalue weighted by molar-refractivity contribution is 5.89. The third-order valence-electron chi connectivity index (χ3n) is 8.61. The number of nitrogens with zero attached hydrogens (tertiary/aromatic N) is 2. The molecule has 0 radical (unpaired) electrons. The topological polar surface area (TPSA) is 35.0 Å². The predicted molar refractivity (Wildman–Crippen MR) is 173 cm³/mol. The summed E-state index contributed by atoms with van der Waals surface area (Å²) in [5, 5.41) is 0. The first kappa shape index (κ1) is 25.9. The van der Waals surface area contributed by atoms with Crippen molar-refractivity contribution in [3.8, 4) is 61.9 Å². The minimum absolute atomic E-state index is 0.157. The fourth-order valence-electron chi connectivity index (χ4n) is 6.56. The molecule has 204 valence electrons. The molecule has 6 aromatic rings. The highest BCUT2D eigenvalue weighted by Crippen LogP contribution is 2.52. The Balaban J connectivity index is 1.49. The van der Waals surface area contributed by atoms with Crippen molar-refractivity contribution in [3.63, 3.8) is 0 Å². The summed E-state index contributed by atoms with van der Waals surface area (Å²) in [6, 6.07) is 42.5. The maximum atomic E-state index is 5.66. The van der Waals surface area contributed by atoms with Crippen molar-refractivity contribution in [2.24, 2.45) is 0 Å². The molecule has 0 amide bonds. The first-order valence-corrected chi connectivity index (χ1v) is 14.4. The van der Waals surface area contributed by atoms with E-state index in [9.17, 15) is 0 Å². The summed E-state index contributed by atoms with van der Waals surface area (Å²) in [7, 11) is 1.72. The minimum Gasteiger partial charge on any atom is -0.496 e. The maximum Gasteiger partial charge on any atom is 0.161 e. The maximum absolute atomic E-state index is 5.66. The van der Waals surface area contributed by atoms with Crippen molar-refractivity contribution in [1.29, 1.82) is 0 Å². The number of aromatic nitrogens is 2. The van der Waals surface area contributed by atoms with Crippen molar-refractivity contribution < 1.29 is 4.74 Å². The number of fused-ring (bicyclic) bond motifs is 3. The van der Waals surface area contributed by atoms with Crippen molar-refractivity contribution >= 4 is 0 Å². The largest absolute Gasteiger partial charge is 0.496 e. The summed E-state index contributed by atoms with van der Waals surface area (Å²) >= 11 is 0. The Morgan fingerprint density at radius 3 is 1.93 bits per heavy atom. The Hall–Kier alpha value is -5.02. The number of hydrogen-bond acceptors (Lipinski definition) is 3. The third kappa shape index (κ3) is 4.12. The van der Waals surface area contributed by atoms with E-state index in [1.54, 1.807) is 7.11 Å². The van der Waals surface area contributed by atoms with Gasteiger partial charge in [0, 0.05) is 22.1 Å². The number of hydrogen-bond donors (Lipinski definition) is 0. The molecule has 0 saturated carbocycles. The molecule has 0 N–H and O–H groups in total. The molecule has 1 heterocycles. The standard InChI is InChI=1S/C39H32N2O/c1-25-27(19-13-23-36(25)42-4)28-16-8-9-18-31(28)38-40-34(26-14-6-5-7-15-26)24-35(41-38)32-21-12-20-30-29-17-10-11-22-33(29)39(2,3)37(30)32/h5-24H,1-4H3. The number of methoxy groups -OCH3 is 1. The highest BCUT2D eigenvalue weighted by Gasteiger charge is 2.37. The molecule has 0 saturated heterocycles. The quantitative estimate of drug-likeness (QED) is 0.217. The minimum atomic E-state index is -0.157. The molecule has 0 aliphatic heterocycles. The van der Waals surface area contributed by atoms with Crippen LogP contribution in [0.1, 0.15) is 30.5 Å². The van der Waals surface area contributed by atoms with E-state index in [2.05, 4.69) is 124 Å². The van der Waals surface area contributed by atoms with Gasteiger partial charge in [0.1, 0.15) is 5.75 Å². The van der Waals surface area contributed by atoms with Crippen molar-refractivity contribution in [3.05, 3.63) is 138 Å². The Morgan fingerprint density at radius 1 is 0.548 bits per heavy atom. The summed E-state index contributed by atoms with van der Waals surface area (Å²) in [5.74, 6) is 1.57. The molecule has 1 aromatic heterocycles. The zero-order valence-corrected chi connectivity index (χ0v) is 24.3. The molecule has 1 aliphatic carbocycles. The summed E-state index contributed by atoms with van der Waals surface area (Å²) in [5.41, 5.74) is 13.4. The third-order valence-corrected chi connectivity index (χ3v) is 8.61. The van der Waals surface area contributed by atoms with Crippen LogP contribution in [0.5, 0.6) is 5.75 Å². The molecular formula is C39H32N2O. The molecule has 0 atom stereocenters. The summed E-state index contributed by atoms with van der Waals surface area (Å²) in [6.07, 6.45) is 0. The molecular weight excluding hydrogens is 512 g/mol. The molecule has 0 fully saturated rings. The van der Waals surface area contributed by atoms with Crippen LogP contribution in [0, 0.1) is 6.92 Å². The molecule has 7 rings (SSSR count). The smallest absolute Gasteiger partial charge is 0.161 e. The monoisotopic (exact) mass is 544 g/mol. The van der Waals surface area contributed by atoms with Crippen LogP contribution in [-0.2, 0) is 5.41 Å². The van der Waals surface area contributed by atoms with Crippen LogP contribution < -0.4 is 4.74 Å². The van der Waals surface area contributed by atoms with E-state index >= 15 is 0 Å². The van der Waals surface area contributed by atoms with Crippen LogP contribution >= 0.6 is 0 Å². The van der Waals surface area contributed by atoms with E-state index in [1.807, 2.05) is 18.2 Å². The van der Waals surface area contributed by atoms with Gasteiger partial charge in [-0.1, -0.05) is 123 Å². The zero-order valence-electron chi connectivity index (χ0n) is 24.3. The van der Waals surface area contributed by atoms with Gasteiger partial charge in [0.15, 0.2) is 5.82 Å². The Morgan fingerprint density at radius 2 is 1.14 bits per heavy atom. The SMILES string of the molecule is COc1cccc(-c2ccccc2-c2nc(-c3ccccc3)cc(-c3cccc4c3C(C)(C)c3ccccc3-4)n2)c1C. The van der Waals surface area contributed by atoms with Gasteiger partial charge in [-0.2, -0.15) is 0 Å². The average Bonchev–Trinajstić information content (AvgIpc) is 3.28. The second-order valence-corrected chi connectivity index (χ2v) is 11.4. The predicted octanol–water partition coefficient (Wildman–Crippen LogP) is 9.77. The van der Waals surface area contributed by atoms with Gasteiger partial charge in [-0.25, -0.2) is 9.97 Å². The van der Waals surface area contributed by atoms with E-state index in [0.717, 1.165) is 50.5 Å². The molecule has 1 aliphatic rings. The summed E-state index contributed by atoms with van der Waals surface area (Å²) in [4.78, 5) is 10.5. The molecule has 0 spiro atoms. The Bertz CT molecular complexity index is 1960. The van der Waals surface area contributed by atoms with Crippen LogP contribution in [0.3, 0.4) is 0 Å². The summed E-state index contributed by atoms with van der Waals surface area (Å²) < 4.78 is 5.66. The second-order valence-electron chi connectivity index (χ2n) is 11.4. The van der Waals surface area contributed by atoms with Crippen LogP contribution in [-0.4, -0.2) is 17.1 Å². The van der Waals surface area contributed by atoms with E-state index in [0.29, 0.717) is 5.82 Å². The Kier molecular flexibility index (Phi) is 6.24. The zero-order chi connectivity index (χ0) is 28.8. The van der Waals surface area contributed by atoms with E-state index in [-0.39, 0.29) is 5.41 Å². The first-order valence-electron chi connectivity index (χ1n) is 14.4. The van der Waals surface area contributed by atoms with Crippen molar-refractivity contribution in [1.82, 2.24) is 9.97 Å². The van der Waals surface area contributed by atoms with Gasteiger partial charge in [-0.05, 0) is 58.0 Å². The lowest BCUT2D eigenvalue weighted by Gasteiger charge is -2.24. The molecule has 0 bridgehead atoms. The van der Waals surface area contributed by atoms with Gasteiger partial charge in [-0.3, -0.25) is 0 Å². The van der Waals surface area contributed by atoms with Gasteiger partial charge in [0.25, 0.3) is 0 Å². The van der Waals surface area contributed by atoms with Crippen molar-refractivity contribution in [2.45, 2.75) is 26.2 Å². The molecule has 42 heavy (non-hydrogen) atoms. The van der Waals surface area contributed by atoms with E-state index in [1.165, 1.54) is 22.3 Å². The van der Waals surface area contributed by atoms with Crippen LogP contribution in [0.2, 0.25) is 0 Å². The second kappa shape index (κ2) is 10.1. The van der Waals surface area contributed by atoms with Gasteiger partial charge in [0.05, 0.1) is 18.5 Å². The average molecular weight is 545 g/mol. The van der Waals surface area contributed by atoms with Gasteiger partial charge >= 0.3 is 0 Å². The van der Waals surface area contributed by atoms with E-state index in [4.69, 9.17) is 14.7 Å². The lowest BCUT2D eigenvalue weighted by atomic mass is 9.79. The Labute approximate surface area is 247 Å². The fourth-order valence-corrected chi connectivity index (χ4v) is 6.56.